The van der Waals surface area contributed by atoms with Gasteiger partial charge in [0, 0.05) is 20.1 Å². The quantitative estimate of drug-likeness (QED) is 0.694. The van der Waals surface area contributed by atoms with E-state index in [4.69, 9.17) is 4.74 Å². The lowest BCUT2D eigenvalue weighted by atomic mass is 10.1. The highest BCUT2D eigenvalue weighted by Crippen LogP contribution is 2.12. The Morgan fingerprint density at radius 1 is 1.54 bits per heavy atom. The van der Waals surface area contributed by atoms with Crippen molar-refractivity contribution >= 4 is 6.09 Å². The van der Waals surface area contributed by atoms with E-state index in [1.165, 1.54) is 0 Å². The molecule has 0 spiro atoms. The summed E-state index contributed by atoms with van der Waals surface area (Å²) >= 11 is 0. The lowest BCUT2D eigenvalue weighted by molar-refractivity contribution is 0.0534. The normalized spacial score (nSPS) is 19.8. The zero-order chi connectivity index (χ0) is 9.68. The van der Waals surface area contributed by atoms with E-state index < -0.39 is 0 Å². The Kier molecular flexibility index (Phi) is 4.02. The van der Waals surface area contributed by atoms with Gasteiger partial charge in [-0.2, -0.15) is 0 Å². The number of hydrogen-bond acceptors (Lipinski definition) is 3. The van der Waals surface area contributed by atoms with Crippen molar-refractivity contribution in [1.82, 2.24) is 10.2 Å². The van der Waals surface area contributed by atoms with Crippen LogP contribution in [0.4, 0.5) is 4.79 Å². The third kappa shape index (κ3) is 3.22. The van der Waals surface area contributed by atoms with Gasteiger partial charge < -0.3 is 15.0 Å². The maximum atomic E-state index is 10.9. The van der Waals surface area contributed by atoms with Crippen LogP contribution in [0.1, 0.15) is 19.8 Å². The Hall–Kier alpha value is -0.770. The molecule has 0 saturated carbocycles. The lowest BCUT2D eigenvalue weighted by Gasteiger charge is -2.30. The van der Waals surface area contributed by atoms with Gasteiger partial charge in [-0.15, -0.1) is 0 Å². The third-order valence-corrected chi connectivity index (χ3v) is 2.46. The van der Waals surface area contributed by atoms with Crippen LogP contribution < -0.4 is 5.32 Å². The molecule has 1 saturated heterocycles. The molecule has 1 aliphatic heterocycles. The van der Waals surface area contributed by atoms with Crippen molar-refractivity contribution in [1.29, 1.82) is 0 Å². The first kappa shape index (κ1) is 10.3. The molecule has 0 radical (unpaired) electrons. The molecule has 4 heteroatoms. The SMILES string of the molecule is CCN1CCC(OC(=O)NC)CC1. The van der Waals surface area contributed by atoms with E-state index in [1.54, 1.807) is 7.05 Å². The van der Waals surface area contributed by atoms with E-state index in [-0.39, 0.29) is 12.2 Å². The van der Waals surface area contributed by atoms with Gasteiger partial charge in [0.2, 0.25) is 0 Å². The summed E-state index contributed by atoms with van der Waals surface area (Å²) in [5.41, 5.74) is 0. The Balaban J connectivity index is 2.21. The fourth-order valence-electron chi connectivity index (χ4n) is 1.55. The molecule has 0 aromatic rings. The Morgan fingerprint density at radius 2 is 2.15 bits per heavy atom. The predicted octanol–water partition coefficient (Wildman–Crippen LogP) is 0.827. The van der Waals surface area contributed by atoms with Crippen LogP contribution >= 0.6 is 0 Å². The number of piperidine rings is 1. The molecule has 1 N–H and O–H groups in total. The lowest BCUT2D eigenvalue weighted by Crippen LogP contribution is -2.38. The van der Waals surface area contributed by atoms with Crippen LogP contribution in [-0.2, 0) is 4.74 Å². The molecule has 0 unspecified atom stereocenters. The number of carbonyl (C=O) groups excluding carboxylic acids is 1. The van der Waals surface area contributed by atoms with Gasteiger partial charge in [-0.1, -0.05) is 6.92 Å². The minimum atomic E-state index is -0.310. The highest BCUT2D eigenvalue weighted by molar-refractivity contribution is 5.66. The molecule has 0 aromatic heterocycles. The van der Waals surface area contributed by atoms with E-state index in [2.05, 4.69) is 17.1 Å². The number of rotatable bonds is 2. The number of nitrogens with one attached hydrogen (secondary N) is 1. The fourth-order valence-corrected chi connectivity index (χ4v) is 1.55. The minimum absolute atomic E-state index is 0.114. The van der Waals surface area contributed by atoms with Crippen LogP contribution in [0, 0.1) is 0 Å². The van der Waals surface area contributed by atoms with Crippen LogP contribution in [0.5, 0.6) is 0 Å². The number of amides is 1. The predicted molar refractivity (Wildman–Crippen MR) is 50.7 cm³/mol. The molecule has 0 atom stereocenters. The van der Waals surface area contributed by atoms with Gasteiger partial charge in [-0.25, -0.2) is 4.79 Å². The van der Waals surface area contributed by atoms with Crippen molar-refractivity contribution < 1.29 is 9.53 Å². The van der Waals surface area contributed by atoms with E-state index in [1.807, 2.05) is 0 Å². The largest absolute Gasteiger partial charge is 0.446 e. The number of nitrogens with zero attached hydrogens (tertiary/aromatic N) is 1. The van der Waals surface area contributed by atoms with Gasteiger partial charge in [0.05, 0.1) is 0 Å². The second kappa shape index (κ2) is 5.07. The van der Waals surface area contributed by atoms with Crippen LogP contribution in [0.3, 0.4) is 0 Å². The second-order valence-electron chi connectivity index (χ2n) is 3.29. The zero-order valence-corrected chi connectivity index (χ0v) is 8.38. The Bertz CT molecular complexity index is 165. The molecule has 1 aliphatic rings. The number of likely N-dealkylation sites (tertiary alicyclic amines) is 1. The topological polar surface area (TPSA) is 41.6 Å². The maximum Gasteiger partial charge on any atom is 0.407 e. The number of alkyl carbamates (subject to hydrolysis) is 1. The standard InChI is InChI=1S/C9H18N2O2/c1-3-11-6-4-8(5-7-11)13-9(12)10-2/h8H,3-7H2,1-2H3,(H,10,12). The van der Waals surface area contributed by atoms with Gasteiger partial charge in [-0.3, -0.25) is 0 Å². The van der Waals surface area contributed by atoms with Crippen molar-refractivity contribution in [3.63, 3.8) is 0 Å². The molecule has 0 aromatic carbocycles. The highest BCUT2D eigenvalue weighted by atomic mass is 16.6. The zero-order valence-electron chi connectivity index (χ0n) is 8.38. The average Bonchev–Trinajstić information content (AvgIpc) is 2.19. The summed E-state index contributed by atoms with van der Waals surface area (Å²) in [6, 6.07) is 0. The molecule has 1 heterocycles. The summed E-state index contributed by atoms with van der Waals surface area (Å²) in [6.07, 6.45) is 1.72. The van der Waals surface area contributed by atoms with Crippen molar-refractivity contribution in [2.75, 3.05) is 26.7 Å². The van der Waals surface area contributed by atoms with E-state index in [9.17, 15) is 4.79 Å². The van der Waals surface area contributed by atoms with Gasteiger partial charge in [0.25, 0.3) is 0 Å². The summed E-state index contributed by atoms with van der Waals surface area (Å²) in [5.74, 6) is 0. The van der Waals surface area contributed by atoms with E-state index in [0.717, 1.165) is 32.5 Å². The van der Waals surface area contributed by atoms with Gasteiger partial charge >= 0.3 is 6.09 Å². The van der Waals surface area contributed by atoms with Crippen LogP contribution in [0.2, 0.25) is 0 Å². The van der Waals surface area contributed by atoms with Gasteiger partial charge in [0.1, 0.15) is 6.10 Å². The Labute approximate surface area is 79.2 Å². The fraction of sp³-hybridized carbons (Fsp3) is 0.889. The highest BCUT2D eigenvalue weighted by Gasteiger charge is 2.20. The minimum Gasteiger partial charge on any atom is -0.446 e. The van der Waals surface area contributed by atoms with Gasteiger partial charge in [0.15, 0.2) is 0 Å². The van der Waals surface area contributed by atoms with Gasteiger partial charge in [-0.05, 0) is 19.4 Å². The van der Waals surface area contributed by atoms with Crippen LogP contribution in [0.15, 0.2) is 0 Å². The van der Waals surface area contributed by atoms with Crippen molar-refractivity contribution in [2.45, 2.75) is 25.9 Å². The molecular weight excluding hydrogens is 168 g/mol. The van der Waals surface area contributed by atoms with Crippen molar-refractivity contribution in [3.8, 4) is 0 Å². The average molecular weight is 186 g/mol. The molecule has 1 rings (SSSR count). The second-order valence-corrected chi connectivity index (χ2v) is 3.29. The number of carbonyl (C=O) groups is 1. The molecular formula is C9H18N2O2. The summed E-state index contributed by atoms with van der Waals surface area (Å²) in [7, 11) is 1.59. The van der Waals surface area contributed by atoms with Crippen molar-refractivity contribution in [2.24, 2.45) is 0 Å². The molecule has 76 valence electrons. The van der Waals surface area contributed by atoms with Crippen LogP contribution in [0.25, 0.3) is 0 Å². The molecule has 0 aliphatic carbocycles. The van der Waals surface area contributed by atoms with E-state index in [0.29, 0.717) is 0 Å². The maximum absolute atomic E-state index is 10.9. The number of ether oxygens (including phenoxy) is 1. The molecule has 13 heavy (non-hydrogen) atoms. The first-order valence-corrected chi connectivity index (χ1v) is 4.87. The summed E-state index contributed by atoms with van der Waals surface area (Å²) in [5, 5.41) is 2.46. The summed E-state index contributed by atoms with van der Waals surface area (Å²) < 4.78 is 5.16. The van der Waals surface area contributed by atoms with Crippen LogP contribution in [-0.4, -0.2) is 43.8 Å². The smallest absolute Gasteiger partial charge is 0.407 e. The number of hydrogen-bond donors (Lipinski definition) is 1. The first-order chi connectivity index (χ1) is 6.26. The molecule has 1 amide bonds. The molecule has 0 bridgehead atoms. The third-order valence-electron chi connectivity index (χ3n) is 2.46. The molecule has 4 nitrogen and oxygen atoms in total. The summed E-state index contributed by atoms with van der Waals surface area (Å²) in [6.45, 7) is 5.32. The first-order valence-electron chi connectivity index (χ1n) is 4.87. The molecule has 1 fully saturated rings. The monoisotopic (exact) mass is 186 g/mol. The van der Waals surface area contributed by atoms with Crippen molar-refractivity contribution in [3.05, 3.63) is 0 Å². The summed E-state index contributed by atoms with van der Waals surface area (Å²) in [4.78, 5) is 13.2. The Morgan fingerprint density at radius 3 is 2.62 bits per heavy atom. The van der Waals surface area contributed by atoms with E-state index >= 15 is 0 Å².